The minimum atomic E-state index is 0.0179. The predicted octanol–water partition coefficient (Wildman–Crippen LogP) is 1.09. The third-order valence-corrected chi connectivity index (χ3v) is 2.11. The van der Waals surface area contributed by atoms with E-state index in [0.717, 1.165) is 0 Å². The van der Waals surface area contributed by atoms with Gasteiger partial charge in [0.25, 0.3) is 0 Å². The van der Waals surface area contributed by atoms with Gasteiger partial charge in [-0.2, -0.15) is 0 Å². The molecule has 1 atom stereocenters. The number of nitrogens with two attached hydrogens (primary N) is 1. The molecular weight excluding hydrogens is 178 g/mol. The first-order valence-electron chi connectivity index (χ1n) is 4.73. The summed E-state index contributed by atoms with van der Waals surface area (Å²) in [5, 5.41) is 12.2. The van der Waals surface area contributed by atoms with Gasteiger partial charge in [-0.15, -0.1) is 0 Å². The second-order valence-corrected chi connectivity index (χ2v) is 3.63. The van der Waals surface area contributed by atoms with Gasteiger partial charge in [0.15, 0.2) is 0 Å². The van der Waals surface area contributed by atoms with E-state index in [1.807, 2.05) is 26.0 Å². The van der Waals surface area contributed by atoms with Crippen LogP contribution in [-0.4, -0.2) is 22.7 Å². The number of anilines is 2. The molecule has 4 heteroatoms. The summed E-state index contributed by atoms with van der Waals surface area (Å²) in [6.07, 6.45) is 0. The van der Waals surface area contributed by atoms with Crippen LogP contribution in [0, 0.1) is 5.92 Å². The first-order chi connectivity index (χ1) is 6.63. The molecule has 14 heavy (non-hydrogen) atoms. The van der Waals surface area contributed by atoms with Crippen molar-refractivity contribution in [3.8, 4) is 0 Å². The topological polar surface area (TPSA) is 71.2 Å². The summed E-state index contributed by atoms with van der Waals surface area (Å²) in [6.45, 7) is 4.18. The van der Waals surface area contributed by atoms with Gasteiger partial charge in [0.05, 0.1) is 12.6 Å². The molecule has 1 heterocycles. The van der Waals surface area contributed by atoms with E-state index < -0.39 is 0 Å². The third-order valence-electron chi connectivity index (χ3n) is 2.11. The Morgan fingerprint density at radius 3 is 2.71 bits per heavy atom. The van der Waals surface area contributed by atoms with E-state index in [0.29, 0.717) is 17.6 Å². The zero-order chi connectivity index (χ0) is 10.6. The van der Waals surface area contributed by atoms with Crippen LogP contribution in [0.4, 0.5) is 11.6 Å². The maximum Gasteiger partial charge on any atom is 0.128 e. The molecule has 78 valence electrons. The molecule has 4 nitrogen and oxygen atoms in total. The Balaban J connectivity index is 2.67. The summed E-state index contributed by atoms with van der Waals surface area (Å²) in [5.41, 5.74) is 5.54. The van der Waals surface area contributed by atoms with Gasteiger partial charge in [-0.3, -0.25) is 0 Å². The van der Waals surface area contributed by atoms with Crippen molar-refractivity contribution in [3.63, 3.8) is 0 Å². The molecule has 0 bridgehead atoms. The van der Waals surface area contributed by atoms with E-state index in [1.165, 1.54) is 0 Å². The number of aliphatic hydroxyl groups excluding tert-OH is 1. The standard InChI is InChI=1S/C10H17N3O/c1-7(2)8(6-14)12-10-5-3-4-9(11)13-10/h3-5,7-8,14H,6H2,1-2H3,(H3,11,12,13). The van der Waals surface area contributed by atoms with Gasteiger partial charge in [0.1, 0.15) is 11.6 Å². The van der Waals surface area contributed by atoms with Crippen molar-refractivity contribution < 1.29 is 5.11 Å². The number of nitrogen functional groups attached to an aromatic ring is 1. The number of aromatic nitrogens is 1. The van der Waals surface area contributed by atoms with Crippen LogP contribution in [0.2, 0.25) is 0 Å². The van der Waals surface area contributed by atoms with Gasteiger partial charge in [0, 0.05) is 0 Å². The molecule has 0 saturated heterocycles. The third kappa shape index (κ3) is 2.88. The summed E-state index contributed by atoms with van der Waals surface area (Å²) in [7, 11) is 0. The SMILES string of the molecule is CC(C)C(CO)Nc1cccc(N)n1. The Bertz CT molecular complexity index is 288. The van der Waals surface area contributed by atoms with Crippen molar-refractivity contribution in [2.75, 3.05) is 17.7 Å². The molecule has 0 aliphatic heterocycles. The van der Waals surface area contributed by atoms with Gasteiger partial charge < -0.3 is 16.2 Å². The maximum atomic E-state index is 9.11. The fourth-order valence-electron chi connectivity index (χ4n) is 1.14. The van der Waals surface area contributed by atoms with E-state index in [4.69, 9.17) is 10.8 Å². The Morgan fingerprint density at radius 1 is 1.50 bits per heavy atom. The highest BCUT2D eigenvalue weighted by atomic mass is 16.3. The zero-order valence-corrected chi connectivity index (χ0v) is 8.57. The number of hydrogen-bond donors (Lipinski definition) is 3. The van der Waals surface area contributed by atoms with E-state index in [2.05, 4.69) is 10.3 Å². The van der Waals surface area contributed by atoms with Crippen LogP contribution in [0.3, 0.4) is 0 Å². The quantitative estimate of drug-likeness (QED) is 0.672. The van der Waals surface area contributed by atoms with Crippen molar-refractivity contribution in [2.45, 2.75) is 19.9 Å². The van der Waals surface area contributed by atoms with Crippen LogP contribution < -0.4 is 11.1 Å². The zero-order valence-electron chi connectivity index (χ0n) is 8.57. The molecule has 0 aliphatic carbocycles. The van der Waals surface area contributed by atoms with E-state index in [-0.39, 0.29) is 12.6 Å². The van der Waals surface area contributed by atoms with Crippen LogP contribution in [0.15, 0.2) is 18.2 Å². The minimum absolute atomic E-state index is 0.0179. The van der Waals surface area contributed by atoms with Crippen LogP contribution in [-0.2, 0) is 0 Å². The Morgan fingerprint density at radius 2 is 2.21 bits per heavy atom. The van der Waals surface area contributed by atoms with Gasteiger partial charge in [-0.25, -0.2) is 4.98 Å². The lowest BCUT2D eigenvalue weighted by atomic mass is 10.1. The average Bonchev–Trinajstić information content (AvgIpc) is 2.14. The first kappa shape index (κ1) is 10.8. The molecule has 0 aromatic carbocycles. The normalized spacial score (nSPS) is 12.9. The summed E-state index contributed by atoms with van der Waals surface area (Å²) < 4.78 is 0. The highest BCUT2D eigenvalue weighted by molar-refractivity contribution is 5.42. The lowest BCUT2D eigenvalue weighted by molar-refractivity contribution is 0.249. The Kier molecular flexibility index (Phi) is 3.71. The molecule has 0 fully saturated rings. The average molecular weight is 195 g/mol. The molecule has 1 rings (SSSR count). The van der Waals surface area contributed by atoms with E-state index >= 15 is 0 Å². The van der Waals surface area contributed by atoms with Crippen molar-refractivity contribution in [1.29, 1.82) is 0 Å². The first-order valence-corrected chi connectivity index (χ1v) is 4.73. The van der Waals surface area contributed by atoms with Crippen LogP contribution >= 0.6 is 0 Å². The number of nitrogens with zero attached hydrogens (tertiary/aromatic N) is 1. The Hall–Kier alpha value is -1.29. The number of aliphatic hydroxyl groups is 1. The molecule has 1 unspecified atom stereocenters. The number of pyridine rings is 1. The smallest absolute Gasteiger partial charge is 0.128 e. The summed E-state index contributed by atoms with van der Waals surface area (Å²) >= 11 is 0. The predicted molar refractivity (Wildman–Crippen MR) is 58.0 cm³/mol. The Labute approximate surface area is 84.2 Å². The van der Waals surface area contributed by atoms with E-state index in [1.54, 1.807) is 6.07 Å². The van der Waals surface area contributed by atoms with Crippen LogP contribution in [0.25, 0.3) is 0 Å². The molecule has 0 amide bonds. The van der Waals surface area contributed by atoms with Gasteiger partial charge in [0.2, 0.25) is 0 Å². The fourth-order valence-corrected chi connectivity index (χ4v) is 1.14. The molecule has 0 radical (unpaired) electrons. The van der Waals surface area contributed by atoms with Gasteiger partial charge >= 0.3 is 0 Å². The molecule has 0 saturated carbocycles. The summed E-state index contributed by atoms with van der Waals surface area (Å²) in [6, 6.07) is 5.42. The van der Waals surface area contributed by atoms with E-state index in [9.17, 15) is 0 Å². The maximum absolute atomic E-state index is 9.11. The molecule has 0 aliphatic rings. The summed E-state index contributed by atoms with van der Waals surface area (Å²) in [5.74, 6) is 1.54. The highest BCUT2D eigenvalue weighted by Crippen LogP contribution is 2.11. The number of nitrogens with one attached hydrogen (secondary N) is 1. The van der Waals surface area contributed by atoms with Gasteiger partial charge in [-0.1, -0.05) is 19.9 Å². The van der Waals surface area contributed by atoms with Gasteiger partial charge in [-0.05, 0) is 18.1 Å². The molecule has 1 aromatic rings. The molecule has 4 N–H and O–H groups in total. The lowest BCUT2D eigenvalue weighted by Crippen LogP contribution is -2.29. The largest absolute Gasteiger partial charge is 0.394 e. The van der Waals surface area contributed by atoms with Crippen molar-refractivity contribution in [2.24, 2.45) is 5.92 Å². The highest BCUT2D eigenvalue weighted by Gasteiger charge is 2.11. The monoisotopic (exact) mass is 195 g/mol. The molecular formula is C10H17N3O. The molecule has 1 aromatic heterocycles. The summed E-state index contributed by atoms with van der Waals surface area (Å²) in [4.78, 5) is 4.10. The minimum Gasteiger partial charge on any atom is -0.394 e. The second kappa shape index (κ2) is 4.81. The van der Waals surface area contributed by atoms with Crippen molar-refractivity contribution >= 4 is 11.6 Å². The second-order valence-electron chi connectivity index (χ2n) is 3.63. The fraction of sp³-hybridized carbons (Fsp3) is 0.500. The van der Waals surface area contributed by atoms with Crippen LogP contribution in [0.5, 0.6) is 0 Å². The lowest BCUT2D eigenvalue weighted by Gasteiger charge is -2.20. The number of rotatable bonds is 4. The van der Waals surface area contributed by atoms with Crippen LogP contribution in [0.1, 0.15) is 13.8 Å². The van der Waals surface area contributed by atoms with Crippen molar-refractivity contribution in [1.82, 2.24) is 4.98 Å². The number of hydrogen-bond acceptors (Lipinski definition) is 4. The van der Waals surface area contributed by atoms with Crippen molar-refractivity contribution in [3.05, 3.63) is 18.2 Å². The molecule has 0 spiro atoms.